The first kappa shape index (κ1) is 13.7. The summed E-state index contributed by atoms with van der Waals surface area (Å²) in [7, 11) is 0. The molecule has 1 rings (SSSR count). The Morgan fingerprint density at radius 1 is 1.35 bits per heavy atom. The van der Waals surface area contributed by atoms with Crippen LogP contribution >= 0.6 is 0 Å². The molecule has 0 aromatic heterocycles. The summed E-state index contributed by atoms with van der Waals surface area (Å²) in [5, 5.41) is 0. The van der Waals surface area contributed by atoms with Crippen LogP contribution in [0.3, 0.4) is 0 Å². The summed E-state index contributed by atoms with van der Waals surface area (Å²) < 4.78 is 51.0. The molecule has 0 saturated carbocycles. The maximum absolute atomic E-state index is 13.0. The molecule has 0 aliphatic carbocycles. The van der Waals surface area contributed by atoms with E-state index in [1.54, 1.807) is 6.08 Å². The molecule has 0 spiro atoms. The summed E-state index contributed by atoms with van der Waals surface area (Å²) in [5.74, 6) is -0.720. The molecule has 1 aromatic rings. The average molecular weight is 247 g/mol. The molecule has 0 aliphatic rings. The standard InChI is InChI=1S/C12H13F4N/c1-2-3-4-11(17)9-7-8(13)5-6-10(9)12(14,15)16/h2,5-7,11H,1,3-4,17H2/t11-/m0/s1. The van der Waals surface area contributed by atoms with Crippen LogP contribution in [-0.4, -0.2) is 0 Å². The van der Waals surface area contributed by atoms with Crippen molar-refractivity contribution in [3.8, 4) is 0 Å². The van der Waals surface area contributed by atoms with Crippen LogP contribution in [0.1, 0.15) is 30.0 Å². The highest BCUT2D eigenvalue weighted by atomic mass is 19.4. The Labute approximate surface area is 96.9 Å². The molecule has 1 aromatic carbocycles. The van der Waals surface area contributed by atoms with E-state index in [2.05, 4.69) is 6.58 Å². The molecule has 0 amide bonds. The molecule has 17 heavy (non-hydrogen) atoms. The zero-order valence-electron chi connectivity index (χ0n) is 9.10. The van der Waals surface area contributed by atoms with Crippen molar-refractivity contribution in [2.24, 2.45) is 5.73 Å². The molecule has 0 bridgehead atoms. The van der Waals surface area contributed by atoms with Gasteiger partial charge in [0.25, 0.3) is 0 Å². The Morgan fingerprint density at radius 2 is 2.00 bits per heavy atom. The molecule has 0 saturated heterocycles. The second kappa shape index (κ2) is 5.31. The van der Waals surface area contributed by atoms with Crippen LogP contribution in [0.5, 0.6) is 0 Å². The van der Waals surface area contributed by atoms with Crippen molar-refractivity contribution in [3.05, 3.63) is 47.8 Å². The molecule has 5 heteroatoms. The number of halogens is 4. The highest BCUT2D eigenvalue weighted by Gasteiger charge is 2.34. The number of rotatable bonds is 4. The maximum Gasteiger partial charge on any atom is 0.416 e. The lowest BCUT2D eigenvalue weighted by molar-refractivity contribution is -0.138. The number of hydrogen-bond donors (Lipinski definition) is 1. The second-order valence-corrected chi connectivity index (χ2v) is 3.70. The summed E-state index contributed by atoms with van der Waals surface area (Å²) in [5.41, 5.74) is 4.54. The van der Waals surface area contributed by atoms with Gasteiger partial charge in [0.1, 0.15) is 5.82 Å². The van der Waals surface area contributed by atoms with Crippen LogP contribution in [0.15, 0.2) is 30.9 Å². The van der Waals surface area contributed by atoms with Gasteiger partial charge in [0.05, 0.1) is 5.56 Å². The predicted octanol–water partition coefficient (Wildman–Crippen LogP) is 3.81. The van der Waals surface area contributed by atoms with Gasteiger partial charge in [-0.05, 0) is 36.6 Å². The van der Waals surface area contributed by atoms with E-state index in [0.717, 1.165) is 18.2 Å². The summed E-state index contributed by atoms with van der Waals surface area (Å²) in [4.78, 5) is 0. The van der Waals surface area contributed by atoms with Gasteiger partial charge in [0, 0.05) is 6.04 Å². The van der Waals surface area contributed by atoms with Crippen molar-refractivity contribution in [2.45, 2.75) is 25.1 Å². The van der Waals surface area contributed by atoms with E-state index >= 15 is 0 Å². The first-order valence-electron chi connectivity index (χ1n) is 5.09. The topological polar surface area (TPSA) is 26.0 Å². The number of benzene rings is 1. The van der Waals surface area contributed by atoms with Crippen molar-refractivity contribution in [3.63, 3.8) is 0 Å². The maximum atomic E-state index is 13.0. The number of allylic oxidation sites excluding steroid dienone is 1. The van der Waals surface area contributed by atoms with E-state index in [9.17, 15) is 17.6 Å². The van der Waals surface area contributed by atoms with E-state index in [4.69, 9.17) is 5.73 Å². The first-order valence-corrected chi connectivity index (χ1v) is 5.09. The molecule has 0 fully saturated rings. The van der Waals surface area contributed by atoms with Crippen molar-refractivity contribution in [1.82, 2.24) is 0 Å². The highest BCUT2D eigenvalue weighted by molar-refractivity contribution is 5.32. The van der Waals surface area contributed by atoms with E-state index in [1.165, 1.54) is 0 Å². The number of hydrogen-bond acceptors (Lipinski definition) is 1. The van der Waals surface area contributed by atoms with Crippen molar-refractivity contribution in [1.29, 1.82) is 0 Å². The minimum absolute atomic E-state index is 0.209. The first-order chi connectivity index (χ1) is 7.86. The molecule has 94 valence electrons. The van der Waals surface area contributed by atoms with E-state index in [0.29, 0.717) is 12.8 Å². The van der Waals surface area contributed by atoms with Gasteiger partial charge >= 0.3 is 6.18 Å². The molecule has 0 aliphatic heterocycles. The van der Waals surface area contributed by atoms with E-state index in [-0.39, 0.29) is 5.56 Å². The van der Waals surface area contributed by atoms with E-state index < -0.39 is 23.6 Å². The van der Waals surface area contributed by atoms with Crippen LogP contribution in [-0.2, 0) is 6.18 Å². The lowest BCUT2D eigenvalue weighted by Gasteiger charge is -2.17. The fourth-order valence-electron chi connectivity index (χ4n) is 1.55. The fraction of sp³-hybridized carbons (Fsp3) is 0.333. The van der Waals surface area contributed by atoms with Crippen LogP contribution < -0.4 is 5.73 Å². The SMILES string of the molecule is C=CCC[C@H](N)c1cc(F)ccc1C(F)(F)F. The normalized spacial score (nSPS) is 13.5. The van der Waals surface area contributed by atoms with Gasteiger partial charge in [-0.3, -0.25) is 0 Å². The largest absolute Gasteiger partial charge is 0.416 e. The molecule has 0 radical (unpaired) electrons. The molecule has 0 unspecified atom stereocenters. The van der Waals surface area contributed by atoms with Crippen LogP contribution in [0, 0.1) is 5.82 Å². The van der Waals surface area contributed by atoms with Crippen LogP contribution in [0.25, 0.3) is 0 Å². The van der Waals surface area contributed by atoms with Gasteiger partial charge in [-0.25, -0.2) is 4.39 Å². The molecule has 1 nitrogen and oxygen atoms in total. The Morgan fingerprint density at radius 3 is 2.53 bits per heavy atom. The zero-order chi connectivity index (χ0) is 13.1. The fourth-order valence-corrected chi connectivity index (χ4v) is 1.55. The predicted molar refractivity (Wildman–Crippen MR) is 57.8 cm³/mol. The minimum atomic E-state index is -4.52. The molecule has 0 heterocycles. The Hall–Kier alpha value is -1.36. The Balaban J connectivity index is 3.11. The average Bonchev–Trinajstić information content (AvgIpc) is 2.24. The third-order valence-corrected chi connectivity index (χ3v) is 2.40. The Bertz CT molecular complexity index is 398. The molecular weight excluding hydrogens is 234 g/mol. The highest BCUT2D eigenvalue weighted by Crippen LogP contribution is 2.35. The van der Waals surface area contributed by atoms with Crippen molar-refractivity contribution < 1.29 is 17.6 Å². The van der Waals surface area contributed by atoms with Gasteiger partial charge in [0.15, 0.2) is 0 Å². The molecular formula is C12H13F4N. The molecule has 1 atom stereocenters. The quantitative estimate of drug-likeness (QED) is 0.635. The van der Waals surface area contributed by atoms with E-state index in [1.807, 2.05) is 0 Å². The lowest BCUT2D eigenvalue weighted by atomic mass is 9.97. The summed E-state index contributed by atoms with van der Waals surface area (Å²) in [6, 6.07) is 1.50. The summed E-state index contributed by atoms with van der Waals surface area (Å²) >= 11 is 0. The van der Waals surface area contributed by atoms with Gasteiger partial charge in [-0.1, -0.05) is 6.08 Å². The number of alkyl halides is 3. The third kappa shape index (κ3) is 3.56. The third-order valence-electron chi connectivity index (χ3n) is 2.40. The zero-order valence-corrected chi connectivity index (χ0v) is 9.10. The smallest absolute Gasteiger partial charge is 0.324 e. The number of nitrogens with two attached hydrogens (primary N) is 1. The lowest BCUT2D eigenvalue weighted by Crippen LogP contribution is -2.17. The minimum Gasteiger partial charge on any atom is -0.324 e. The monoisotopic (exact) mass is 247 g/mol. The van der Waals surface area contributed by atoms with Gasteiger partial charge in [-0.15, -0.1) is 6.58 Å². The van der Waals surface area contributed by atoms with Gasteiger partial charge in [-0.2, -0.15) is 13.2 Å². The molecule has 2 N–H and O–H groups in total. The van der Waals surface area contributed by atoms with Gasteiger partial charge in [0.2, 0.25) is 0 Å². The van der Waals surface area contributed by atoms with Gasteiger partial charge < -0.3 is 5.73 Å². The summed E-state index contributed by atoms with van der Waals surface area (Å²) in [6.45, 7) is 3.46. The van der Waals surface area contributed by atoms with Crippen molar-refractivity contribution >= 4 is 0 Å². The van der Waals surface area contributed by atoms with Crippen molar-refractivity contribution in [2.75, 3.05) is 0 Å². The van der Waals surface area contributed by atoms with Crippen LogP contribution in [0.2, 0.25) is 0 Å². The van der Waals surface area contributed by atoms with Crippen LogP contribution in [0.4, 0.5) is 17.6 Å². The second-order valence-electron chi connectivity index (χ2n) is 3.70. The summed E-state index contributed by atoms with van der Waals surface area (Å²) in [6.07, 6.45) is -2.17. The Kier molecular flexibility index (Phi) is 4.28.